The van der Waals surface area contributed by atoms with E-state index in [0.717, 1.165) is 50.5 Å². The number of aryl methyl sites for hydroxylation is 2. The van der Waals surface area contributed by atoms with E-state index in [-0.39, 0.29) is 17.7 Å². The van der Waals surface area contributed by atoms with Crippen LogP contribution in [0.1, 0.15) is 24.1 Å². The van der Waals surface area contributed by atoms with Gasteiger partial charge < -0.3 is 14.6 Å². The first-order valence-electron chi connectivity index (χ1n) is 13.1. The van der Waals surface area contributed by atoms with E-state index in [1.54, 1.807) is 12.4 Å². The molecule has 1 saturated heterocycles. The maximum Gasteiger partial charge on any atom is 0.224 e. The molecule has 5 rings (SSSR count). The summed E-state index contributed by atoms with van der Waals surface area (Å²) in [5.74, 6) is 1.11. The van der Waals surface area contributed by atoms with Gasteiger partial charge in [-0.25, -0.2) is 4.98 Å². The van der Waals surface area contributed by atoms with Crippen molar-refractivity contribution in [2.24, 2.45) is 11.8 Å². The van der Waals surface area contributed by atoms with Gasteiger partial charge in [0, 0.05) is 56.7 Å². The summed E-state index contributed by atoms with van der Waals surface area (Å²) >= 11 is 0. The lowest BCUT2D eigenvalue weighted by Gasteiger charge is -2.37. The Hall–Kier alpha value is -3.71. The Morgan fingerprint density at radius 1 is 1.11 bits per heavy atom. The molecule has 37 heavy (non-hydrogen) atoms. The minimum Gasteiger partial charge on any atom is -0.492 e. The molecule has 1 amide bonds. The highest BCUT2D eigenvalue weighted by molar-refractivity contribution is 5.83. The molecule has 0 bridgehead atoms. The number of aromatic nitrogens is 3. The van der Waals surface area contributed by atoms with E-state index in [9.17, 15) is 4.79 Å². The van der Waals surface area contributed by atoms with Crippen LogP contribution in [0, 0.1) is 18.8 Å². The van der Waals surface area contributed by atoms with Crippen molar-refractivity contribution in [2.45, 2.75) is 32.9 Å². The second kappa shape index (κ2) is 12.0. The predicted molar refractivity (Wildman–Crippen MR) is 145 cm³/mol. The van der Waals surface area contributed by atoms with Gasteiger partial charge in [0.05, 0.1) is 25.0 Å². The van der Waals surface area contributed by atoms with Crippen LogP contribution in [-0.2, 0) is 17.9 Å². The van der Waals surface area contributed by atoms with Crippen LogP contribution in [0.3, 0.4) is 0 Å². The third-order valence-corrected chi connectivity index (χ3v) is 7.03. The van der Waals surface area contributed by atoms with Gasteiger partial charge in [-0.2, -0.15) is 0 Å². The Bertz CT molecular complexity index is 1290. The van der Waals surface area contributed by atoms with Crippen molar-refractivity contribution >= 4 is 16.7 Å². The fourth-order valence-corrected chi connectivity index (χ4v) is 5.13. The van der Waals surface area contributed by atoms with Gasteiger partial charge in [-0.3, -0.25) is 14.7 Å². The molecule has 0 saturated carbocycles. The van der Waals surface area contributed by atoms with Crippen molar-refractivity contribution in [1.82, 2.24) is 24.8 Å². The van der Waals surface area contributed by atoms with E-state index in [0.29, 0.717) is 13.2 Å². The van der Waals surface area contributed by atoms with Crippen LogP contribution in [-0.4, -0.2) is 51.6 Å². The van der Waals surface area contributed by atoms with Gasteiger partial charge in [0.15, 0.2) is 0 Å². The van der Waals surface area contributed by atoms with Crippen LogP contribution in [0.5, 0.6) is 5.75 Å². The topological polar surface area (TPSA) is 72.3 Å². The molecule has 0 radical (unpaired) electrons. The number of likely N-dealkylation sites (tertiary alicyclic amines) is 1. The summed E-state index contributed by atoms with van der Waals surface area (Å²) in [6.07, 6.45) is 9.00. The van der Waals surface area contributed by atoms with Gasteiger partial charge >= 0.3 is 0 Å². The smallest absolute Gasteiger partial charge is 0.224 e. The Balaban J connectivity index is 1.22. The number of rotatable bonds is 10. The Morgan fingerprint density at radius 3 is 2.81 bits per heavy atom. The quantitative estimate of drug-likeness (QED) is 0.328. The van der Waals surface area contributed by atoms with E-state index in [1.807, 2.05) is 36.1 Å². The highest BCUT2D eigenvalue weighted by Gasteiger charge is 2.32. The molecule has 1 aliphatic heterocycles. The number of piperidine rings is 1. The predicted octanol–water partition coefficient (Wildman–Crippen LogP) is 4.46. The molecule has 4 aromatic rings. The summed E-state index contributed by atoms with van der Waals surface area (Å²) in [7, 11) is 0. The van der Waals surface area contributed by atoms with Crippen LogP contribution in [0.25, 0.3) is 10.8 Å². The van der Waals surface area contributed by atoms with Crippen LogP contribution in [0.4, 0.5) is 0 Å². The summed E-state index contributed by atoms with van der Waals surface area (Å²) < 4.78 is 8.13. The molecule has 192 valence electrons. The number of pyridine rings is 1. The molecule has 2 aromatic heterocycles. The van der Waals surface area contributed by atoms with Gasteiger partial charge in [0.25, 0.3) is 0 Å². The minimum atomic E-state index is -0.0628. The fourth-order valence-electron chi connectivity index (χ4n) is 5.13. The molecule has 0 aliphatic carbocycles. The molecule has 7 heteroatoms. The summed E-state index contributed by atoms with van der Waals surface area (Å²) in [5, 5.41) is 5.67. The number of imidazole rings is 1. The first kappa shape index (κ1) is 25.0. The van der Waals surface area contributed by atoms with Crippen molar-refractivity contribution in [3.63, 3.8) is 0 Å². The van der Waals surface area contributed by atoms with E-state index >= 15 is 0 Å². The number of nitrogens with zero attached hydrogens (tertiary/aromatic N) is 4. The van der Waals surface area contributed by atoms with Crippen molar-refractivity contribution in [3.05, 3.63) is 90.8 Å². The summed E-state index contributed by atoms with van der Waals surface area (Å²) in [5.41, 5.74) is 2.24. The number of benzene rings is 2. The third-order valence-electron chi connectivity index (χ3n) is 7.03. The van der Waals surface area contributed by atoms with Gasteiger partial charge in [-0.05, 0) is 54.3 Å². The number of carbonyl (C=O) groups excluding carboxylic acids is 1. The number of hydrogen-bond donors (Lipinski definition) is 1. The van der Waals surface area contributed by atoms with Gasteiger partial charge in [0.1, 0.15) is 5.75 Å². The molecule has 1 fully saturated rings. The average molecular weight is 498 g/mol. The number of amides is 1. The normalized spacial score (nSPS) is 18.1. The minimum absolute atomic E-state index is 0.0628. The lowest BCUT2D eigenvalue weighted by molar-refractivity contribution is -0.127. The highest BCUT2D eigenvalue weighted by Crippen LogP contribution is 2.26. The van der Waals surface area contributed by atoms with Gasteiger partial charge in [-0.1, -0.05) is 36.4 Å². The molecule has 2 atom stereocenters. The highest BCUT2D eigenvalue weighted by atomic mass is 16.5. The lowest BCUT2D eigenvalue weighted by atomic mass is 9.88. The molecule has 7 nitrogen and oxygen atoms in total. The number of ether oxygens (including phenoxy) is 1. The second-order valence-electron chi connectivity index (χ2n) is 10.1. The van der Waals surface area contributed by atoms with Gasteiger partial charge in [-0.15, -0.1) is 0 Å². The van der Waals surface area contributed by atoms with E-state index < -0.39 is 0 Å². The number of hydrogen-bond acceptors (Lipinski definition) is 5. The number of carbonyl (C=O) groups is 1. The van der Waals surface area contributed by atoms with Crippen LogP contribution >= 0.6 is 0 Å². The number of nitrogens with one attached hydrogen (secondary N) is 1. The number of fused-ring (bicyclic) bond motifs is 1. The van der Waals surface area contributed by atoms with Crippen molar-refractivity contribution in [3.8, 4) is 5.75 Å². The maximum atomic E-state index is 13.2. The molecule has 3 heterocycles. The molecule has 0 unspecified atom stereocenters. The Labute approximate surface area is 218 Å². The summed E-state index contributed by atoms with van der Waals surface area (Å²) in [6, 6.07) is 19.0. The SMILES string of the molecule is Cc1ccc(OC[C@H]2C[C@@H](C(=O)NCCCn3ccnc3)CN(Cc3ccc4ccccc4c3)C2)cn1. The zero-order chi connectivity index (χ0) is 25.5. The zero-order valence-electron chi connectivity index (χ0n) is 21.4. The van der Waals surface area contributed by atoms with Crippen molar-refractivity contribution in [1.29, 1.82) is 0 Å². The Kier molecular flexibility index (Phi) is 8.11. The Morgan fingerprint density at radius 2 is 2.00 bits per heavy atom. The molecule has 1 aliphatic rings. The fraction of sp³-hybridized carbons (Fsp3) is 0.367. The lowest BCUT2D eigenvalue weighted by Crippen LogP contribution is -2.47. The van der Waals surface area contributed by atoms with Crippen LogP contribution in [0.2, 0.25) is 0 Å². The van der Waals surface area contributed by atoms with E-state index in [2.05, 4.69) is 62.6 Å². The zero-order valence-corrected chi connectivity index (χ0v) is 21.4. The van der Waals surface area contributed by atoms with Crippen LogP contribution in [0.15, 0.2) is 79.5 Å². The molecular formula is C30H35N5O2. The molecule has 2 aromatic carbocycles. The standard InChI is InChI=1S/C30H35N5O2/c1-23-7-10-29(17-33-23)37-21-25-16-28(30(36)32-11-4-13-34-14-12-31-22-34)20-35(19-25)18-24-8-9-26-5-2-3-6-27(26)15-24/h2-3,5-10,12,14-15,17,22,25,28H,4,11,13,16,18-21H2,1H3,(H,32,36)/t25-,28+/m0/s1. The van der Waals surface area contributed by atoms with Crippen molar-refractivity contribution < 1.29 is 9.53 Å². The summed E-state index contributed by atoms with van der Waals surface area (Å²) in [6.45, 7) is 6.52. The first-order chi connectivity index (χ1) is 18.1. The third kappa shape index (κ3) is 6.95. The van der Waals surface area contributed by atoms with Gasteiger partial charge in [0.2, 0.25) is 5.91 Å². The average Bonchev–Trinajstić information content (AvgIpc) is 3.44. The molecule has 0 spiro atoms. The maximum absolute atomic E-state index is 13.2. The monoisotopic (exact) mass is 497 g/mol. The van der Waals surface area contributed by atoms with E-state index in [1.165, 1.54) is 16.3 Å². The summed E-state index contributed by atoms with van der Waals surface area (Å²) in [4.78, 5) is 24.0. The van der Waals surface area contributed by atoms with Crippen molar-refractivity contribution in [2.75, 3.05) is 26.2 Å². The second-order valence-corrected chi connectivity index (χ2v) is 10.1. The molecule has 1 N–H and O–H groups in total. The van der Waals surface area contributed by atoms with Crippen LogP contribution < -0.4 is 10.1 Å². The largest absolute Gasteiger partial charge is 0.492 e. The van der Waals surface area contributed by atoms with E-state index in [4.69, 9.17) is 4.74 Å². The first-order valence-corrected chi connectivity index (χ1v) is 13.1. The molecular weight excluding hydrogens is 462 g/mol.